The predicted molar refractivity (Wildman–Crippen MR) is 136 cm³/mol. The first-order chi connectivity index (χ1) is 14.2. The molecule has 0 aliphatic rings. The second-order valence-electron chi connectivity index (χ2n) is 8.53. The quantitative estimate of drug-likeness (QED) is 0.127. The van der Waals surface area contributed by atoms with Crippen molar-refractivity contribution in [2.45, 2.75) is 127 Å². The second kappa shape index (κ2) is 22.3. The van der Waals surface area contributed by atoms with Crippen LogP contribution in [0.3, 0.4) is 0 Å². The van der Waals surface area contributed by atoms with Gasteiger partial charge in [-0.25, -0.2) is 0 Å². The molecule has 5 N–H and O–H groups in total. The van der Waals surface area contributed by atoms with Crippen LogP contribution in [0.1, 0.15) is 122 Å². The fourth-order valence-corrected chi connectivity index (χ4v) is 4.87. The van der Waals surface area contributed by atoms with Crippen LogP contribution < -0.4 is 11.5 Å². The Morgan fingerprint density at radius 3 is 1.25 bits per heavy atom. The molecular weight excluding hydrogens is 450 g/mol. The van der Waals surface area contributed by atoms with E-state index < -0.39 is 33.1 Å². The summed E-state index contributed by atoms with van der Waals surface area (Å²) in [6.45, 7) is 2.24. The van der Waals surface area contributed by atoms with Crippen LogP contribution in [0.15, 0.2) is 0 Å². The molecule has 182 valence electrons. The number of unbranched alkanes of at least 4 members (excludes halogenated alkanes) is 15. The molecule has 0 saturated heterocycles. The van der Waals surface area contributed by atoms with Crippen molar-refractivity contribution in [2.24, 2.45) is 11.5 Å². The number of carbonyl (C=O) groups is 2. The molecule has 0 radical (unpaired) electrons. The Morgan fingerprint density at radius 2 is 1.00 bits per heavy atom. The van der Waals surface area contributed by atoms with Gasteiger partial charge in [-0.3, -0.25) is 14.1 Å². The molecule has 7 nitrogen and oxygen atoms in total. The average Bonchev–Trinajstić information content (AvgIpc) is 2.65. The maximum absolute atomic E-state index is 11.7. The fourth-order valence-electron chi connectivity index (χ4n) is 3.89. The van der Waals surface area contributed by atoms with Gasteiger partial charge in [0.1, 0.15) is 0 Å². The molecular formula is C22H46N2Na2O5S. The van der Waals surface area contributed by atoms with Crippen LogP contribution in [0.2, 0.25) is 0 Å². The Hall–Kier alpha value is 0.850. The number of amides is 2. The third-order valence-electron chi connectivity index (χ3n) is 5.84. The van der Waals surface area contributed by atoms with Crippen molar-refractivity contribution in [3.8, 4) is 0 Å². The first kappa shape index (κ1) is 37.4. The van der Waals surface area contributed by atoms with E-state index in [0.29, 0.717) is 12.8 Å². The molecule has 0 rings (SSSR count). The van der Waals surface area contributed by atoms with Gasteiger partial charge in [0.15, 0.2) is 4.75 Å². The zero-order chi connectivity index (χ0) is 22.9. The Balaban J connectivity index is -0.00000420. The molecule has 0 aromatic heterocycles. The first-order valence-corrected chi connectivity index (χ1v) is 13.2. The van der Waals surface area contributed by atoms with Gasteiger partial charge in [-0.1, -0.05) is 110 Å². The molecule has 0 fully saturated rings. The Labute approximate surface area is 240 Å². The number of carbonyl (C=O) groups excluding carboxylic acids is 2. The summed E-state index contributed by atoms with van der Waals surface area (Å²) in [5.74, 6) is -2.22. The monoisotopic (exact) mass is 496 g/mol. The van der Waals surface area contributed by atoms with Crippen molar-refractivity contribution in [2.75, 3.05) is 0 Å². The van der Waals surface area contributed by atoms with Crippen LogP contribution >= 0.6 is 0 Å². The molecule has 0 spiro atoms. The number of hydrogen-bond donors (Lipinski definition) is 3. The summed E-state index contributed by atoms with van der Waals surface area (Å²) in [7, 11) is -4.82. The number of rotatable bonds is 21. The molecule has 10 heteroatoms. The summed E-state index contributed by atoms with van der Waals surface area (Å²) in [5, 5.41) is 0. The molecule has 0 bridgehead atoms. The number of nitrogens with two attached hydrogens (primary N) is 2. The molecule has 1 unspecified atom stereocenters. The Kier molecular flexibility index (Phi) is 26.1. The standard InChI is InChI=1S/C22H44N2O5S.2Na.2H/c1-2-3-4-5-6-7-8-9-10-11-12-13-14-15-16-17-18-22(21(24)26,19-20(23)25)30(27,28)29;;;;/h2-19H2,1H3,(H2,23,25)(H2,24,26)(H,27,28,29);;;;. The molecule has 0 aromatic rings. The van der Waals surface area contributed by atoms with Crippen molar-refractivity contribution in [3.63, 3.8) is 0 Å². The molecule has 0 heterocycles. The molecule has 32 heavy (non-hydrogen) atoms. The van der Waals surface area contributed by atoms with Gasteiger partial charge in [0.2, 0.25) is 11.8 Å². The molecule has 0 aromatic carbocycles. The molecule has 0 saturated carbocycles. The zero-order valence-corrected chi connectivity index (χ0v) is 19.7. The maximum atomic E-state index is 11.7. The van der Waals surface area contributed by atoms with Gasteiger partial charge in [-0.2, -0.15) is 8.42 Å². The van der Waals surface area contributed by atoms with E-state index in [0.717, 1.165) is 19.3 Å². The van der Waals surface area contributed by atoms with E-state index in [-0.39, 0.29) is 65.5 Å². The van der Waals surface area contributed by atoms with Crippen molar-refractivity contribution in [1.82, 2.24) is 0 Å². The van der Waals surface area contributed by atoms with Gasteiger partial charge in [-0.15, -0.1) is 0 Å². The average molecular weight is 497 g/mol. The number of primary amides is 2. The summed E-state index contributed by atoms with van der Waals surface area (Å²) < 4.78 is 30.5. The third-order valence-corrected chi connectivity index (χ3v) is 7.37. The van der Waals surface area contributed by atoms with Crippen LogP contribution in [-0.4, -0.2) is 88.6 Å². The third kappa shape index (κ3) is 17.3. The molecule has 2 amide bonds. The van der Waals surface area contributed by atoms with E-state index in [1.165, 1.54) is 70.6 Å². The van der Waals surface area contributed by atoms with Crippen molar-refractivity contribution < 1.29 is 22.6 Å². The normalized spacial score (nSPS) is 12.9. The van der Waals surface area contributed by atoms with Crippen molar-refractivity contribution in [3.05, 3.63) is 0 Å². The summed E-state index contributed by atoms with van der Waals surface area (Å²) in [5.41, 5.74) is 10.2. The van der Waals surface area contributed by atoms with E-state index in [9.17, 15) is 22.6 Å². The summed E-state index contributed by atoms with van der Waals surface area (Å²) in [6.07, 6.45) is 17.7. The predicted octanol–water partition coefficient (Wildman–Crippen LogP) is 3.33. The zero-order valence-electron chi connectivity index (χ0n) is 18.9. The van der Waals surface area contributed by atoms with Gasteiger partial charge in [-0.05, 0) is 6.42 Å². The van der Waals surface area contributed by atoms with Gasteiger partial charge in [0.05, 0.1) is 6.42 Å². The summed E-state index contributed by atoms with van der Waals surface area (Å²) in [4.78, 5) is 22.8. The summed E-state index contributed by atoms with van der Waals surface area (Å²) in [6, 6.07) is 0. The number of hydrogen-bond acceptors (Lipinski definition) is 4. The van der Waals surface area contributed by atoms with Crippen molar-refractivity contribution in [1.29, 1.82) is 0 Å². The molecule has 0 aliphatic carbocycles. The Morgan fingerprint density at radius 1 is 0.688 bits per heavy atom. The second-order valence-corrected chi connectivity index (χ2v) is 10.3. The van der Waals surface area contributed by atoms with Crippen LogP contribution in [0.4, 0.5) is 0 Å². The minimum absolute atomic E-state index is 0. The van der Waals surface area contributed by atoms with E-state index >= 15 is 0 Å². The van der Waals surface area contributed by atoms with Crippen LogP contribution in [0.25, 0.3) is 0 Å². The minimum atomic E-state index is -4.82. The first-order valence-electron chi connectivity index (χ1n) is 11.7. The van der Waals surface area contributed by atoms with Gasteiger partial charge in [0, 0.05) is 0 Å². The van der Waals surface area contributed by atoms with Gasteiger partial charge >= 0.3 is 59.1 Å². The van der Waals surface area contributed by atoms with E-state index in [2.05, 4.69) is 6.92 Å². The Bertz CT molecular complexity index is 591. The van der Waals surface area contributed by atoms with Crippen LogP contribution in [0, 0.1) is 0 Å². The topological polar surface area (TPSA) is 141 Å². The fraction of sp³-hybridized carbons (Fsp3) is 0.909. The van der Waals surface area contributed by atoms with Gasteiger partial charge in [0.25, 0.3) is 10.1 Å². The van der Waals surface area contributed by atoms with Crippen LogP contribution in [-0.2, 0) is 19.7 Å². The van der Waals surface area contributed by atoms with Gasteiger partial charge < -0.3 is 11.5 Å². The van der Waals surface area contributed by atoms with Crippen molar-refractivity contribution >= 4 is 81.0 Å². The summed E-state index contributed by atoms with van der Waals surface area (Å²) >= 11 is 0. The SMILES string of the molecule is CCCCCCCCCCCCCCCCCCC(CC(N)=O)(C(N)=O)S(=O)(=O)O.[NaH].[NaH]. The molecule has 1 atom stereocenters. The van der Waals surface area contributed by atoms with Crippen LogP contribution in [0.5, 0.6) is 0 Å². The molecule has 0 aliphatic heterocycles. The van der Waals surface area contributed by atoms with E-state index in [1.54, 1.807) is 0 Å². The van der Waals surface area contributed by atoms with E-state index in [1.807, 2.05) is 0 Å². The van der Waals surface area contributed by atoms with E-state index in [4.69, 9.17) is 11.5 Å².